The van der Waals surface area contributed by atoms with Crippen LogP contribution in [0, 0.1) is 22.9 Å². The number of likely N-dealkylation sites (tertiary alicyclic amines) is 1. The third-order valence-electron chi connectivity index (χ3n) is 5.10. The van der Waals surface area contributed by atoms with Crippen LogP contribution in [0.5, 0.6) is 0 Å². The summed E-state index contributed by atoms with van der Waals surface area (Å²) in [6.07, 6.45) is -5.23. The van der Waals surface area contributed by atoms with Crippen LogP contribution >= 0.6 is 0 Å². The Hall–Kier alpha value is -2.63. The van der Waals surface area contributed by atoms with Crippen molar-refractivity contribution in [3.05, 3.63) is 35.1 Å². The fourth-order valence-corrected chi connectivity index (χ4v) is 3.79. The van der Waals surface area contributed by atoms with Gasteiger partial charge in [0.2, 0.25) is 11.7 Å². The van der Waals surface area contributed by atoms with E-state index in [0.717, 1.165) is 0 Å². The number of nitrogens with one attached hydrogen (secondary N) is 1. The highest BCUT2D eigenvalue weighted by Crippen LogP contribution is 2.31. The molecular weight excluding hydrogens is 404 g/mol. The SMILES string of the molecule is N=C([N+]1=C(N)[C@@H]2CC1CN2C(=O)CC(N)Cc1cc(F)c(F)cc1F)C(F)(F)F. The summed E-state index contributed by atoms with van der Waals surface area (Å²) < 4.78 is 79.1. The maximum absolute atomic E-state index is 13.7. The van der Waals surface area contributed by atoms with Crippen molar-refractivity contribution in [3.8, 4) is 0 Å². The van der Waals surface area contributed by atoms with Crippen LogP contribution in [0.3, 0.4) is 0 Å². The van der Waals surface area contributed by atoms with Gasteiger partial charge in [0.1, 0.15) is 17.9 Å². The normalized spacial score (nSPS) is 22.4. The molecule has 3 rings (SSSR count). The summed E-state index contributed by atoms with van der Waals surface area (Å²) in [5.41, 5.74) is 11.4. The number of amidine groups is 2. The predicted octanol–water partition coefficient (Wildman–Crippen LogP) is 1.26. The van der Waals surface area contributed by atoms with Crippen molar-refractivity contribution < 1.29 is 35.7 Å². The fourth-order valence-electron chi connectivity index (χ4n) is 3.79. The smallest absolute Gasteiger partial charge is 0.327 e. The number of hydrogen-bond donors (Lipinski definition) is 3. The van der Waals surface area contributed by atoms with E-state index < -0.39 is 53.5 Å². The molecule has 1 amide bonds. The predicted molar refractivity (Wildman–Crippen MR) is 89.8 cm³/mol. The van der Waals surface area contributed by atoms with Gasteiger partial charge in [-0.05, 0) is 18.1 Å². The van der Waals surface area contributed by atoms with Gasteiger partial charge in [0.25, 0.3) is 0 Å². The molecule has 2 bridgehead atoms. The minimum absolute atomic E-state index is 0.0606. The molecule has 1 fully saturated rings. The molecule has 158 valence electrons. The molecule has 6 nitrogen and oxygen atoms in total. The van der Waals surface area contributed by atoms with Gasteiger partial charge in [0.15, 0.2) is 11.6 Å². The molecule has 0 radical (unpaired) electrons. The van der Waals surface area contributed by atoms with Gasteiger partial charge in [-0.2, -0.15) is 18.6 Å². The number of rotatable bonds is 4. The molecule has 0 aromatic heterocycles. The summed E-state index contributed by atoms with van der Waals surface area (Å²) in [5, 5.41) is 7.27. The fraction of sp³-hybridized carbons (Fsp3) is 0.471. The Kier molecular flexibility index (Phi) is 5.32. The Morgan fingerprint density at radius 2 is 1.86 bits per heavy atom. The Bertz CT molecular complexity index is 899. The monoisotopic (exact) mass is 422 g/mol. The maximum atomic E-state index is 13.7. The lowest BCUT2D eigenvalue weighted by atomic mass is 10.0. The lowest BCUT2D eigenvalue weighted by Gasteiger charge is -2.28. The summed E-state index contributed by atoms with van der Waals surface area (Å²) in [4.78, 5) is 13.8. The summed E-state index contributed by atoms with van der Waals surface area (Å²) >= 11 is 0. The Balaban J connectivity index is 1.67. The van der Waals surface area contributed by atoms with E-state index in [1.165, 1.54) is 4.90 Å². The van der Waals surface area contributed by atoms with Crippen LogP contribution in [0.15, 0.2) is 12.1 Å². The number of fused-ring (bicyclic) bond motifs is 2. The first-order valence-corrected chi connectivity index (χ1v) is 8.66. The average molecular weight is 422 g/mol. The Morgan fingerprint density at radius 1 is 1.24 bits per heavy atom. The van der Waals surface area contributed by atoms with Gasteiger partial charge < -0.3 is 16.4 Å². The lowest BCUT2D eigenvalue weighted by Crippen LogP contribution is -2.54. The summed E-state index contributed by atoms with van der Waals surface area (Å²) in [6, 6.07) is -1.43. The van der Waals surface area contributed by atoms with Crippen LogP contribution in [0.2, 0.25) is 0 Å². The zero-order chi connectivity index (χ0) is 21.7. The second-order valence-electron chi connectivity index (χ2n) is 7.12. The highest BCUT2D eigenvalue weighted by Gasteiger charge is 2.55. The average Bonchev–Trinajstić information content (AvgIpc) is 3.16. The third-order valence-corrected chi connectivity index (χ3v) is 5.10. The van der Waals surface area contributed by atoms with Crippen LogP contribution in [0.1, 0.15) is 18.4 Å². The van der Waals surface area contributed by atoms with E-state index >= 15 is 0 Å². The zero-order valence-corrected chi connectivity index (χ0v) is 14.9. The molecule has 2 unspecified atom stereocenters. The van der Waals surface area contributed by atoms with Crippen LogP contribution in [0.25, 0.3) is 0 Å². The molecule has 0 saturated carbocycles. The van der Waals surface area contributed by atoms with E-state index in [1.807, 2.05) is 0 Å². The number of alkyl halides is 3. The largest absolute Gasteiger partial charge is 0.481 e. The number of nitrogens with zero attached hydrogens (tertiary/aromatic N) is 2. The van der Waals surface area contributed by atoms with Crippen molar-refractivity contribution in [2.24, 2.45) is 11.5 Å². The molecule has 0 spiro atoms. The number of carbonyl (C=O) groups excluding carboxylic acids is 1. The second-order valence-corrected chi connectivity index (χ2v) is 7.12. The molecule has 2 heterocycles. The second kappa shape index (κ2) is 7.32. The quantitative estimate of drug-likeness (QED) is 0.224. The number of amides is 1. The first kappa shape index (κ1) is 21.1. The maximum Gasteiger partial charge on any atom is 0.481 e. The van der Waals surface area contributed by atoms with E-state index in [2.05, 4.69) is 0 Å². The summed E-state index contributed by atoms with van der Waals surface area (Å²) in [6.45, 7) is -0.0606. The first-order valence-electron chi connectivity index (χ1n) is 8.66. The van der Waals surface area contributed by atoms with Crippen LogP contribution in [-0.2, 0) is 11.2 Å². The van der Waals surface area contributed by atoms with E-state index in [-0.39, 0.29) is 37.2 Å². The van der Waals surface area contributed by atoms with Crippen LogP contribution < -0.4 is 11.5 Å². The van der Waals surface area contributed by atoms with Gasteiger partial charge in [-0.3, -0.25) is 4.79 Å². The van der Waals surface area contributed by atoms with Crippen molar-refractivity contribution >= 4 is 17.6 Å². The number of carbonyl (C=O) groups is 1. The van der Waals surface area contributed by atoms with Gasteiger partial charge in [0.05, 0.1) is 6.54 Å². The molecule has 1 saturated heterocycles. The molecule has 0 aliphatic carbocycles. The standard InChI is InChI=1S/C17H17F6N5O/c18-10-5-12(20)11(19)2-7(10)1-8(24)3-14(29)27-6-9-4-13(27)15(25)28(9)16(26)17(21,22)23/h2,5,8-9,13,25-26H,1,3-4,6,24H2/p+1/t8?,9?,13-/m0/s1. The Morgan fingerprint density at radius 3 is 2.45 bits per heavy atom. The molecule has 2 aliphatic rings. The molecule has 5 N–H and O–H groups in total. The highest BCUT2D eigenvalue weighted by atomic mass is 19.4. The Labute approximate surface area is 161 Å². The van der Waals surface area contributed by atoms with Crippen LogP contribution in [-0.4, -0.2) is 57.9 Å². The summed E-state index contributed by atoms with van der Waals surface area (Å²) in [5.74, 6) is -5.91. The molecule has 1 aromatic carbocycles. The zero-order valence-electron chi connectivity index (χ0n) is 14.9. The third kappa shape index (κ3) is 3.93. The molecule has 3 atom stereocenters. The van der Waals surface area contributed by atoms with Gasteiger partial charge in [0, 0.05) is 24.9 Å². The number of halogens is 6. The van der Waals surface area contributed by atoms with Crippen molar-refractivity contribution in [1.29, 1.82) is 5.41 Å². The number of benzene rings is 1. The van der Waals surface area contributed by atoms with Crippen molar-refractivity contribution in [1.82, 2.24) is 4.90 Å². The van der Waals surface area contributed by atoms with Gasteiger partial charge in [-0.25, -0.2) is 17.7 Å². The van der Waals surface area contributed by atoms with Gasteiger partial charge in [-0.15, -0.1) is 0 Å². The van der Waals surface area contributed by atoms with Crippen molar-refractivity contribution in [2.45, 2.75) is 43.6 Å². The molecular formula is C17H18F6N5O+. The molecule has 2 aliphatic heterocycles. The van der Waals surface area contributed by atoms with E-state index in [9.17, 15) is 31.1 Å². The molecule has 29 heavy (non-hydrogen) atoms. The van der Waals surface area contributed by atoms with Gasteiger partial charge >= 0.3 is 12.0 Å². The van der Waals surface area contributed by atoms with E-state index in [0.29, 0.717) is 16.7 Å². The topological polar surface area (TPSA) is 99.2 Å². The molecule has 12 heteroatoms. The number of nitrogens with two attached hydrogens (primary N) is 2. The summed E-state index contributed by atoms with van der Waals surface area (Å²) in [7, 11) is 0. The van der Waals surface area contributed by atoms with Gasteiger partial charge in [-0.1, -0.05) is 0 Å². The lowest BCUT2D eigenvalue weighted by molar-refractivity contribution is -0.464. The number of hydrogen-bond acceptors (Lipinski definition) is 4. The minimum atomic E-state index is -4.86. The van der Waals surface area contributed by atoms with Crippen molar-refractivity contribution in [2.75, 3.05) is 6.54 Å². The van der Waals surface area contributed by atoms with E-state index in [4.69, 9.17) is 16.9 Å². The van der Waals surface area contributed by atoms with Crippen molar-refractivity contribution in [3.63, 3.8) is 0 Å². The first-order chi connectivity index (χ1) is 13.4. The minimum Gasteiger partial charge on any atom is -0.327 e. The molecule has 1 aromatic rings. The highest BCUT2D eigenvalue weighted by molar-refractivity contribution is 5.94. The van der Waals surface area contributed by atoms with E-state index in [1.54, 1.807) is 0 Å². The van der Waals surface area contributed by atoms with Crippen LogP contribution in [0.4, 0.5) is 26.3 Å².